The second-order valence-corrected chi connectivity index (χ2v) is 8.77. The molecule has 2 N–H and O–H groups in total. The largest absolute Gasteiger partial charge is 0.458 e. The predicted molar refractivity (Wildman–Crippen MR) is 120 cm³/mol. The number of ether oxygens (including phenoxy) is 1. The zero-order valence-corrected chi connectivity index (χ0v) is 17.7. The van der Waals surface area contributed by atoms with Crippen LogP contribution in [0, 0.1) is 6.92 Å². The van der Waals surface area contributed by atoms with Crippen LogP contribution in [0.1, 0.15) is 21.8 Å². The number of nitrogen functional groups attached to an aromatic ring is 1. The SMILES string of the molecule is Cc1ccc(-c2nc(N)c3cc(Cc4cccc(CN5CCOCC5)c4)sc3n2)o1. The Morgan fingerprint density at radius 2 is 1.90 bits per heavy atom. The van der Waals surface area contributed by atoms with Crippen molar-refractivity contribution in [3.05, 3.63) is 64.2 Å². The number of morpholine rings is 1. The molecule has 1 fully saturated rings. The lowest BCUT2D eigenvalue weighted by atomic mass is 10.1. The zero-order chi connectivity index (χ0) is 20.5. The lowest BCUT2D eigenvalue weighted by Gasteiger charge is -2.26. The molecule has 0 spiro atoms. The van der Waals surface area contributed by atoms with E-state index in [1.54, 1.807) is 11.3 Å². The molecule has 4 aromatic rings. The van der Waals surface area contributed by atoms with Crippen LogP contribution in [0.15, 0.2) is 46.9 Å². The van der Waals surface area contributed by atoms with Crippen molar-refractivity contribution in [2.45, 2.75) is 19.9 Å². The smallest absolute Gasteiger partial charge is 0.199 e. The highest BCUT2D eigenvalue weighted by molar-refractivity contribution is 7.18. The number of nitrogens with zero attached hydrogens (tertiary/aromatic N) is 3. The van der Waals surface area contributed by atoms with E-state index in [-0.39, 0.29) is 0 Å². The summed E-state index contributed by atoms with van der Waals surface area (Å²) in [6, 6.07) is 14.7. The Kier molecular flexibility index (Phi) is 5.25. The number of anilines is 1. The average molecular weight is 421 g/mol. The molecule has 5 rings (SSSR count). The fourth-order valence-electron chi connectivity index (χ4n) is 3.80. The van der Waals surface area contributed by atoms with Crippen molar-refractivity contribution in [2.75, 3.05) is 32.0 Å². The fourth-order valence-corrected chi connectivity index (χ4v) is 4.87. The van der Waals surface area contributed by atoms with Crippen LogP contribution in [0.2, 0.25) is 0 Å². The monoisotopic (exact) mass is 420 g/mol. The van der Waals surface area contributed by atoms with Gasteiger partial charge < -0.3 is 14.9 Å². The highest BCUT2D eigenvalue weighted by atomic mass is 32.1. The van der Waals surface area contributed by atoms with Crippen LogP contribution in [0.4, 0.5) is 5.82 Å². The molecule has 0 unspecified atom stereocenters. The molecule has 0 aliphatic carbocycles. The van der Waals surface area contributed by atoms with Gasteiger partial charge in [0.1, 0.15) is 16.4 Å². The van der Waals surface area contributed by atoms with E-state index in [2.05, 4.69) is 40.2 Å². The quantitative estimate of drug-likeness (QED) is 0.520. The van der Waals surface area contributed by atoms with E-state index in [0.29, 0.717) is 17.4 Å². The Bertz CT molecular complexity index is 1180. The maximum atomic E-state index is 6.23. The molecule has 3 aromatic heterocycles. The average Bonchev–Trinajstić information content (AvgIpc) is 3.35. The molecule has 1 saturated heterocycles. The Labute approximate surface area is 179 Å². The minimum Gasteiger partial charge on any atom is -0.458 e. The highest BCUT2D eigenvalue weighted by Gasteiger charge is 2.14. The number of thiophene rings is 1. The molecule has 1 aliphatic heterocycles. The van der Waals surface area contributed by atoms with E-state index >= 15 is 0 Å². The molecular weight excluding hydrogens is 396 g/mol. The Morgan fingerprint density at radius 3 is 2.70 bits per heavy atom. The maximum Gasteiger partial charge on any atom is 0.199 e. The van der Waals surface area contributed by atoms with Crippen molar-refractivity contribution >= 4 is 27.4 Å². The van der Waals surface area contributed by atoms with Crippen LogP contribution in [-0.4, -0.2) is 41.2 Å². The van der Waals surface area contributed by atoms with E-state index in [0.717, 1.165) is 55.2 Å². The fraction of sp³-hybridized carbons (Fsp3) is 0.304. The number of hydrogen-bond acceptors (Lipinski definition) is 7. The van der Waals surface area contributed by atoms with Gasteiger partial charge in [-0.2, -0.15) is 0 Å². The van der Waals surface area contributed by atoms with Crippen LogP contribution in [0.5, 0.6) is 0 Å². The third-order valence-electron chi connectivity index (χ3n) is 5.31. The van der Waals surface area contributed by atoms with Gasteiger partial charge in [-0.3, -0.25) is 4.90 Å². The van der Waals surface area contributed by atoms with Crippen molar-refractivity contribution < 1.29 is 9.15 Å². The highest BCUT2D eigenvalue weighted by Crippen LogP contribution is 2.31. The number of furan rings is 1. The number of fused-ring (bicyclic) bond motifs is 1. The topological polar surface area (TPSA) is 77.4 Å². The number of aryl methyl sites for hydroxylation is 1. The van der Waals surface area contributed by atoms with E-state index in [1.165, 1.54) is 16.0 Å². The van der Waals surface area contributed by atoms with E-state index in [1.807, 2.05) is 19.1 Å². The van der Waals surface area contributed by atoms with Crippen LogP contribution in [0.3, 0.4) is 0 Å². The Hall–Kier alpha value is -2.74. The van der Waals surface area contributed by atoms with Gasteiger partial charge in [-0.1, -0.05) is 24.3 Å². The summed E-state index contributed by atoms with van der Waals surface area (Å²) in [6.45, 7) is 6.51. The van der Waals surface area contributed by atoms with E-state index < -0.39 is 0 Å². The van der Waals surface area contributed by atoms with Crippen molar-refractivity contribution in [3.63, 3.8) is 0 Å². The second-order valence-electron chi connectivity index (χ2n) is 7.66. The number of rotatable bonds is 5. The normalized spacial score (nSPS) is 15.1. The minimum absolute atomic E-state index is 0.493. The summed E-state index contributed by atoms with van der Waals surface area (Å²) in [4.78, 5) is 13.7. The van der Waals surface area contributed by atoms with Crippen LogP contribution in [0.25, 0.3) is 21.8 Å². The molecule has 0 radical (unpaired) electrons. The first-order valence-corrected chi connectivity index (χ1v) is 11.0. The number of benzene rings is 1. The lowest BCUT2D eigenvalue weighted by molar-refractivity contribution is 0.0342. The molecule has 1 aromatic carbocycles. The van der Waals surface area contributed by atoms with Gasteiger partial charge in [0.25, 0.3) is 0 Å². The molecule has 154 valence electrons. The minimum atomic E-state index is 0.493. The van der Waals surface area contributed by atoms with Gasteiger partial charge in [0, 0.05) is 30.9 Å². The van der Waals surface area contributed by atoms with Crippen LogP contribution in [-0.2, 0) is 17.7 Å². The third-order valence-corrected chi connectivity index (χ3v) is 6.34. The molecule has 7 heteroatoms. The van der Waals surface area contributed by atoms with Gasteiger partial charge in [0.05, 0.1) is 18.6 Å². The van der Waals surface area contributed by atoms with Gasteiger partial charge in [0.2, 0.25) is 0 Å². The van der Waals surface area contributed by atoms with Crippen molar-refractivity contribution in [3.8, 4) is 11.6 Å². The zero-order valence-electron chi connectivity index (χ0n) is 16.9. The van der Waals surface area contributed by atoms with E-state index in [9.17, 15) is 0 Å². The lowest BCUT2D eigenvalue weighted by Crippen LogP contribution is -2.35. The standard InChI is InChI=1S/C23H24N4O2S/c1-15-5-6-20(29-15)22-25-21(24)19-13-18(30-23(19)26-22)12-16-3-2-4-17(11-16)14-27-7-9-28-10-8-27/h2-6,11,13H,7-10,12,14H2,1H3,(H2,24,25,26). The van der Waals surface area contributed by atoms with Crippen molar-refractivity contribution in [2.24, 2.45) is 0 Å². The molecule has 4 heterocycles. The van der Waals surface area contributed by atoms with Gasteiger partial charge >= 0.3 is 0 Å². The summed E-state index contributed by atoms with van der Waals surface area (Å²) in [5, 5.41) is 0.909. The molecule has 1 aliphatic rings. The van der Waals surface area contributed by atoms with Crippen LogP contribution < -0.4 is 5.73 Å². The van der Waals surface area contributed by atoms with E-state index in [4.69, 9.17) is 19.9 Å². The molecule has 0 atom stereocenters. The summed E-state index contributed by atoms with van der Waals surface area (Å²) in [6.07, 6.45) is 0.854. The molecule has 6 nitrogen and oxygen atoms in total. The maximum absolute atomic E-state index is 6.23. The molecule has 30 heavy (non-hydrogen) atoms. The predicted octanol–water partition coefficient (Wildman–Crippen LogP) is 4.26. The summed E-state index contributed by atoms with van der Waals surface area (Å²) in [5.74, 6) is 2.50. The second kappa shape index (κ2) is 8.18. The first kappa shape index (κ1) is 19.2. The number of nitrogens with two attached hydrogens (primary N) is 1. The molecule has 0 bridgehead atoms. The summed E-state index contributed by atoms with van der Waals surface area (Å²) >= 11 is 1.66. The van der Waals surface area contributed by atoms with Crippen LogP contribution >= 0.6 is 11.3 Å². The van der Waals surface area contributed by atoms with Gasteiger partial charge in [-0.15, -0.1) is 11.3 Å². The molecule has 0 saturated carbocycles. The van der Waals surface area contributed by atoms with Gasteiger partial charge in [-0.05, 0) is 36.2 Å². The Balaban J connectivity index is 1.37. The molecule has 0 amide bonds. The number of hydrogen-bond donors (Lipinski definition) is 1. The Morgan fingerprint density at radius 1 is 1.07 bits per heavy atom. The van der Waals surface area contributed by atoms with Gasteiger partial charge in [0.15, 0.2) is 11.6 Å². The summed E-state index contributed by atoms with van der Waals surface area (Å²) < 4.78 is 11.1. The molecular formula is C23H24N4O2S. The summed E-state index contributed by atoms with van der Waals surface area (Å²) in [5.41, 5.74) is 8.86. The first-order valence-electron chi connectivity index (χ1n) is 10.1. The third kappa shape index (κ3) is 4.09. The van der Waals surface area contributed by atoms with Gasteiger partial charge in [-0.25, -0.2) is 9.97 Å². The van der Waals surface area contributed by atoms with Crippen molar-refractivity contribution in [1.82, 2.24) is 14.9 Å². The number of aromatic nitrogens is 2. The summed E-state index contributed by atoms with van der Waals surface area (Å²) in [7, 11) is 0. The first-order chi connectivity index (χ1) is 14.6. The van der Waals surface area contributed by atoms with Crippen molar-refractivity contribution in [1.29, 1.82) is 0 Å².